The Labute approximate surface area is 184 Å². The molecule has 1 saturated heterocycles. The third-order valence-electron chi connectivity index (χ3n) is 6.91. The maximum absolute atomic E-state index is 13.3. The molecular formula is C24H29N3O3S. The standard InChI is InChI=1S/C24H29N3O3S/c1-26-12-14-27(15-13-26)31(28,29)19-10-11-23-22(16-19)20-4-3-5-21(20)24(25-23)17-6-8-18(30-2)9-7-17/h3-4,6-11,16,20-21,24-25H,5,12-15H2,1-2H3. The number of anilines is 1. The molecule has 1 N–H and O–H groups in total. The number of fused-ring (bicyclic) bond motifs is 3. The summed E-state index contributed by atoms with van der Waals surface area (Å²) in [5.41, 5.74) is 3.32. The lowest BCUT2D eigenvalue weighted by atomic mass is 9.77. The molecule has 0 aromatic heterocycles. The van der Waals surface area contributed by atoms with Crippen molar-refractivity contribution in [3.63, 3.8) is 0 Å². The van der Waals surface area contributed by atoms with E-state index in [0.29, 0.717) is 23.9 Å². The van der Waals surface area contributed by atoms with Crippen LogP contribution in [0, 0.1) is 5.92 Å². The van der Waals surface area contributed by atoms with Gasteiger partial charge in [0.25, 0.3) is 0 Å². The maximum Gasteiger partial charge on any atom is 0.243 e. The van der Waals surface area contributed by atoms with Crippen LogP contribution in [0.1, 0.15) is 29.5 Å². The van der Waals surface area contributed by atoms with E-state index in [1.54, 1.807) is 17.5 Å². The number of hydrogen-bond acceptors (Lipinski definition) is 5. The molecule has 0 bridgehead atoms. The summed E-state index contributed by atoms with van der Waals surface area (Å²) < 4.78 is 33.5. The summed E-state index contributed by atoms with van der Waals surface area (Å²) in [4.78, 5) is 2.57. The van der Waals surface area contributed by atoms with Crippen LogP contribution in [0.3, 0.4) is 0 Å². The van der Waals surface area contributed by atoms with Gasteiger partial charge in [0.1, 0.15) is 5.75 Å². The second-order valence-corrected chi connectivity index (χ2v) is 10.6. The Morgan fingerprint density at radius 1 is 1.03 bits per heavy atom. The predicted octanol–water partition coefficient (Wildman–Crippen LogP) is 3.46. The Morgan fingerprint density at radius 2 is 1.77 bits per heavy atom. The zero-order valence-corrected chi connectivity index (χ0v) is 18.8. The average molecular weight is 440 g/mol. The summed E-state index contributed by atoms with van der Waals surface area (Å²) >= 11 is 0. The van der Waals surface area contributed by atoms with Crippen LogP contribution in [-0.2, 0) is 10.0 Å². The van der Waals surface area contributed by atoms with Gasteiger partial charge in [-0.3, -0.25) is 0 Å². The van der Waals surface area contributed by atoms with Gasteiger partial charge in [-0.1, -0.05) is 24.3 Å². The van der Waals surface area contributed by atoms with E-state index in [9.17, 15) is 8.42 Å². The Bertz CT molecular complexity index is 1090. The van der Waals surface area contributed by atoms with Gasteiger partial charge in [0.15, 0.2) is 0 Å². The molecular weight excluding hydrogens is 410 g/mol. The molecule has 0 spiro atoms. The van der Waals surface area contributed by atoms with Crippen LogP contribution in [0.4, 0.5) is 5.69 Å². The molecule has 3 unspecified atom stereocenters. The van der Waals surface area contributed by atoms with Gasteiger partial charge in [-0.2, -0.15) is 4.31 Å². The van der Waals surface area contributed by atoms with E-state index < -0.39 is 10.0 Å². The van der Waals surface area contributed by atoms with Crippen LogP contribution in [0.15, 0.2) is 59.5 Å². The van der Waals surface area contributed by atoms with Crippen molar-refractivity contribution in [1.29, 1.82) is 0 Å². The zero-order chi connectivity index (χ0) is 21.6. The van der Waals surface area contributed by atoms with Gasteiger partial charge in [0, 0.05) is 37.8 Å². The fraction of sp³-hybridized carbons (Fsp3) is 0.417. The first kappa shape index (κ1) is 20.5. The molecule has 5 rings (SSSR count). The van der Waals surface area contributed by atoms with E-state index >= 15 is 0 Å². The van der Waals surface area contributed by atoms with Crippen LogP contribution in [0.5, 0.6) is 5.75 Å². The first-order valence-corrected chi connectivity index (χ1v) is 12.3. The highest BCUT2D eigenvalue weighted by molar-refractivity contribution is 7.89. The van der Waals surface area contributed by atoms with E-state index in [-0.39, 0.29) is 12.0 Å². The molecule has 1 fully saturated rings. The third-order valence-corrected chi connectivity index (χ3v) is 8.80. The van der Waals surface area contributed by atoms with Gasteiger partial charge >= 0.3 is 0 Å². The number of hydrogen-bond donors (Lipinski definition) is 1. The summed E-state index contributed by atoms with van der Waals surface area (Å²) in [5.74, 6) is 1.42. The van der Waals surface area contributed by atoms with Crippen molar-refractivity contribution < 1.29 is 13.2 Å². The molecule has 3 atom stereocenters. The maximum atomic E-state index is 13.3. The molecule has 31 heavy (non-hydrogen) atoms. The summed E-state index contributed by atoms with van der Waals surface area (Å²) in [6, 6.07) is 14.0. The number of ether oxygens (including phenoxy) is 1. The number of rotatable bonds is 4. The largest absolute Gasteiger partial charge is 0.497 e. The van der Waals surface area contributed by atoms with Crippen molar-refractivity contribution in [2.24, 2.45) is 5.92 Å². The Hall–Kier alpha value is -2.35. The SMILES string of the molecule is COc1ccc(C2Nc3ccc(S(=O)(=O)N4CCN(C)CC4)cc3C3C=CCC32)cc1. The van der Waals surface area contributed by atoms with E-state index in [2.05, 4.69) is 34.5 Å². The highest BCUT2D eigenvalue weighted by atomic mass is 32.2. The lowest BCUT2D eigenvalue weighted by Crippen LogP contribution is -2.47. The van der Waals surface area contributed by atoms with Crippen molar-refractivity contribution in [3.05, 3.63) is 65.7 Å². The van der Waals surface area contributed by atoms with Crippen LogP contribution < -0.4 is 10.1 Å². The molecule has 1 aliphatic carbocycles. The lowest BCUT2D eigenvalue weighted by Gasteiger charge is -2.38. The van der Waals surface area contributed by atoms with E-state index in [1.807, 2.05) is 31.3 Å². The summed E-state index contributed by atoms with van der Waals surface area (Å²) in [6.07, 6.45) is 5.45. The minimum atomic E-state index is -3.48. The zero-order valence-electron chi connectivity index (χ0n) is 18.0. The number of nitrogens with zero attached hydrogens (tertiary/aromatic N) is 2. The highest BCUT2D eigenvalue weighted by Gasteiger charge is 2.39. The summed E-state index contributed by atoms with van der Waals surface area (Å²) in [5, 5.41) is 3.69. The van der Waals surface area contributed by atoms with Gasteiger partial charge in [-0.25, -0.2) is 8.42 Å². The molecule has 6 nitrogen and oxygen atoms in total. The van der Waals surface area contributed by atoms with Crippen LogP contribution in [0.2, 0.25) is 0 Å². The number of sulfonamides is 1. The molecule has 7 heteroatoms. The summed E-state index contributed by atoms with van der Waals surface area (Å²) in [6.45, 7) is 2.62. The number of piperazine rings is 1. The Morgan fingerprint density at radius 3 is 2.48 bits per heavy atom. The first-order valence-electron chi connectivity index (χ1n) is 10.9. The topological polar surface area (TPSA) is 61.9 Å². The van der Waals surface area contributed by atoms with Crippen molar-refractivity contribution in [1.82, 2.24) is 9.21 Å². The molecule has 2 aliphatic heterocycles. The minimum absolute atomic E-state index is 0.179. The molecule has 3 aliphatic rings. The van der Waals surface area contributed by atoms with E-state index in [4.69, 9.17) is 4.74 Å². The van der Waals surface area contributed by atoms with Gasteiger partial charge < -0.3 is 15.0 Å². The van der Waals surface area contributed by atoms with Gasteiger partial charge in [0.05, 0.1) is 18.0 Å². The molecule has 2 aromatic carbocycles. The van der Waals surface area contributed by atoms with Crippen molar-refractivity contribution >= 4 is 15.7 Å². The van der Waals surface area contributed by atoms with Gasteiger partial charge in [-0.05, 0) is 60.8 Å². The number of methoxy groups -OCH3 is 1. The van der Waals surface area contributed by atoms with E-state index in [1.165, 1.54) is 5.56 Å². The van der Waals surface area contributed by atoms with Crippen molar-refractivity contribution in [3.8, 4) is 5.75 Å². The molecule has 2 aromatic rings. The highest BCUT2D eigenvalue weighted by Crippen LogP contribution is 2.50. The molecule has 0 saturated carbocycles. The predicted molar refractivity (Wildman–Crippen MR) is 122 cm³/mol. The fourth-order valence-electron chi connectivity index (χ4n) is 5.05. The second-order valence-electron chi connectivity index (χ2n) is 8.71. The smallest absolute Gasteiger partial charge is 0.243 e. The van der Waals surface area contributed by atoms with Crippen LogP contribution in [-0.4, -0.2) is 58.0 Å². The van der Waals surface area contributed by atoms with Crippen LogP contribution >= 0.6 is 0 Å². The summed E-state index contributed by atoms with van der Waals surface area (Å²) in [7, 11) is 0.223. The first-order chi connectivity index (χ1) is 15.0. The minimum Gasteiger partial charge on any atom is -0.497 e. The van der Waals surface area contributed by atoms with Gasteiger partial charge in [0.2, 0.25) is 10.0 Å². The van der Waals surface area contributed by atoms with Gasteiger partial charge in [-0.15, -0.1) is 0 Å². The van der Waals surface area contributed by atoms with Crippen molar-refractivity contribution in [2.45, 2.75) is 23.3 Å². The monoisotopic (exact) mass is 439 g/mol. The fourth-order valence-corrected chi connectivity index (χ4v) is 6.51. The third kappa shape index (κ3) is 3.64. The number of allylic oxidation sites excluding steroid dienone is 2. The quantitative estimate of drug-likeness (QED) is 0.740. The molecule has 0 amide bonds. The molecule has 0 radical (unpaired) electrons. The molecule has 2 heterocycles. The molecule has 164 valence electrons. The normalized spacial score (nSPS) is 26.2. The number of nitrogens with one attached hydrogen (secondary N) is 1. The second kappa shape index (κ2) is 7.97. The van der Waals surface area contributed by atoms with E-state index in [0.717, 1.165) is 36.5 Å². The lowest BCUT2D eigenvalue weighted by molar-refractivity contribution is 0.222. The number of benzene rings is 2. The number of likely N-dealkylation sites (N-methyl/N-ethyl adjacent to an activating group) is 1. The Kier molecular flexibility index (Phi) is 5.28. The van der Waals surface area contributed by atoms with Crippen molar-refractivity contribution in [2.75, 3.05) is 45.7 Å². The Balaban J connectivity index is 1.47. The van der Waals surface area contributed by atoms with Crippen LogP contribution in [0.25, 0.3) is 0 Å². The average Bonchev–Trinajstić information content (AvgIpc) is 3.29.